The van der Waals surface area contributed by atoms with Crippen LogP contribution >= 0.6 is 0 Å². The quantitative estimate of drug-likeness (QED) is 0.186. The summed E-state index contributed by atoms with van der Waals surface area (Å²) in [5.74, 6) is 5.48. The van der Waals surface area contributed by atoms with Crippen LogP contribution < -0.4 is 0 Å². The van der Waals surface area contributed by atoms with Gasteiger partial charge in [-0.05, 0) is 117 Å². The van der Waals surface area contributed by atoms with Crippen molar-refractivity contribution in [1.82, 2.24) is 0 Å². The van der Waals surface area contributed by atoms with Gasteiger partial charge in [0.25, 0.3) is 0 Å². The summed E-state index contributed by atoms with van der Waals surface area (Å²) in [6.45, 7) is 14.9. The topological polar surface area (TPSA) is 38.7 Å². The molecule has 214 valence electrons. The van der Waals surface area contributed by atoms with Crippen molar-refractivity contribution in [2.24, 2.45) is 46.3 Å². The Bertz CT molecular complexity index is 731. The Morgan fingerprint density at radius 3 is 2.49 bits per heavy atom. The lowest BCUT2D eigenvalue weighted by Crippen LogP contribution is -2.51. The second kappa shape index (κ2) is 13.3. The molecule has 0 unspecified atom stereocenters. The monoisotopic (exact) mass is 516 g/mol. The Balaban J connectivity index is 1.29. The van der Waals surface area contributed by atoms with Crippen LogP contribution in [0.1, 0.15) is 125 Å². The summed E-state index contributed by atoms with van der Waals surface area (Å²) >= 11 is 0. The van der Waals surface area contributed by atoms with Gasteiger partial charge < -0.3 is 14.6 Å². The maximum atomic E-state index is 8.79. The van der Waals surface area contributed by atoms with Crippen molar-refractivity contribution in [3.8, 4) is 0 Å². The minimum atomic E-state index is 0.124. The molecule has 3 fully saturated rings. The van der Waals surface area contributed by atoms with Crippen LogP contribution in [-0.2, 0) is 9.47 Å². The van der Waals surface area contributed by atoms with Crippen LogP contribution in [0.4, 0.5) is 0 Å². The van der Waals surface area contributed by atoms with E-state index in [1.807, 2.05) is 0 Å². The summed E-state index contributed by atoms with van der Waals surface area (Å²) in [6, 6.07) is 0. The Kier molecular flexibility index (Phi) is 10.7. The minimum absolute atomic E-state index is 0.124. The van der Waals surface area contributed by atoms with Crippen molar-refractivity contribution in [3.63, 3.8) is 0 Å². The zero-order chi connectivity index (χ0) is 26.5. The number of rotatable bonds is 14. The number of aliphatic hydroxyl groups is 1. The number of aliphatic hydroxyl groups excluding tert-OH is 1. The standard InChI is InChI=1S/C34H60O3/c1-25(2)10-9-11-26(3)30-14-15-31-29-13-12-27-24-28(37-22-8-6-7-21-36-23-20-35)16-18-33(27,4)32(29)17-19-34(30,31)5/h12,25-26,28-32,35H,6-11,13-24H2,1-5H3/t26-,28+,29+,30-,31+,32+,33+,34-/m1/s1. The third kappa shape index (κ3) is 6.68. The van der Waals surface area contributed by atoms with Gasteiger partial charge in [-0.1, -0.05) is 65.5 Å². The molecule has 37 heavy (non-hydrogen) atoms. The largest absolute Gasteiger partial charge is 0.394 e. The lowest BCUT2D eigenvalue weighted by molar-refractivity contribution is -0.0641. The number of ether oxygens (including phenoxy) is 2. The van der Waals surface area contributed by atoms with Crippen LogP contribution in [-0.4, -0.2) is 37.6 Å². The van der Waals surface area contributed by atoms with Gasteiger partial charge in [0.15, 0.2) is 0 Å². The molecule has 0 heterocycles. The zero-order valence-electron chi connectivity index (χ0n) is 25.1. The van der Waals surface area contributed by atoms with Gasteiger partial charge in [0.05, 0.1) is 19.3 Å². The van der Waals surface area contributed by atoms with Gasteiger partial charge in [-0.3, -0.25) is 0 Å². The van der Waals surface area contributed by atoms with Crippen molar-refractivity contribution >= 4 is 0 Å². The Morgan fingerprint density at radius 2 is 1.70 bits per heavy atom. The van der Waals surface area contributed by atoms with Crippen molar-refractivity contribution in [2.45, 2.75) is 131 Å². The molecule has 4 rings (SSSR count). The van der Waals surface area contributed by atoms with Gasteiger partial charge >= 0.3 is 0 Å². The molecule has 0 amide bonds. The van der Waals surface area contributed by atoms with Crippen molar-refractivity contribution in [2.75, 3.05) is 26.4 Å². The normalized spacial score (nSPS) is 38.1. The van der Waals surface area contributed by atoms with Gasteiger partial charge in [-0.15, -0.1) is 0 Å². The molecule has 0 aliphatic heterocycles. The lowest BCUT2D eigenvalue weighted by Gasteiger charge is -2.58. The lowest BCUT2D eigenvalue weighted by atomic mass is 9.47. The molecule has 0 bridgehead atoms. The minimum Gasteiger partial charge on any atom is -0.394 e. The van der Waals surface area contributed by atoms with E-state index in [1.165, 1.54) is 70.6 Å². The second-order valence-electron chi connectivity index (χ2n) is 14.4. The van der Waals surface area contributed by atoms with E-state index in [9.17, 15) is 0 Å². The molecule has 8 atom stereocenters. The van der Waals surface area contributed by atoms with Gasteiger partial charge in [0.2, 0.25) is 0 Å². The summed E-state index contributed by atoms with van der Waals surface area (Å²) in [5, 5.41) is 8.79. The molecule has 3 heteroatoms. The molecule has 0 aromatic heterocycles. The number of allylic oxidation sites excluding steroid dienone is 1. The second-order valence-corrected chi connectivity index (χ2v) is 14.4. The summed E-state index contributed by atoms with van der Waals surface area (Å²) < 4.78 is 11.8. The summed E-state index contributed by atoms with van der Waals surface area (Å²) in [4.78, 5) is 0. The van der Waals surface area contributed by atoms with E-state index in [0.717, 1.165) is 68.0 Å². The van der Waals surface area contributed by atoms with E-state index in [4.69, 9.17) is 14.6 Å². The molecule has 3 saturated carbocycles. The Morgan fingerprint density at radius 1 is 0.892 bits per heavy atom. The van der Waals surface area contributed by atoms with Crippen LogP contribution in [0.3, 0.4) is 0 Å². The van der Waals surface area contributed by atoms with Crippen LogP contribution in [0, 0.1) is 46.3 Å². The van der Waals surface area contributed by atoms with E-state index >= 15 is 0 Å². The molecule has 0 radical (unpaired) electrons. The SMILES string of the molecule is CC(C)CCC[C@@H](C)[C@H]1CC[C@H]2[C@@H]3CC=C4C[C@@H](OCCCCCOCCO)CC[C@]4(C)[C@H]3CC[C@]12C. The Labute approximate surface area is 229 Å². The molecular formula is C34H60O3. The zero-order valence-corrected chi connectivity index (χ0v) is 25.1. The fraction of sp³-hybridized carbons (Fsp3) is 0.941. The molecule has 3 nitrogen and oxygen atoms in total. The van der Waals surface area contributed by atoms with Gasteiger partial charge in [0, 0.05) is 13.2 Å². The summed E-state index contributed by atoms with van der Waals surface area (Å²) in [6.07, 6.45) is 21.8. The average molecular weight is 517 g/mol. The van der Waals surface area contributed by atoms with Crippen LogP contribution in [0.25, 0.3) is 0 Å². The van der Waals surface area contributed by atoms with E-state index in [-0.39, 0.29) is 6.61 Å². The molecule has 4 aliphatic carbocycles. The molecular weight excluding hydrogens is 456 g/mol. The van der Waals surface area contributed by atoms with Crippen molar-refractivity contribution in [1.29, 1.82) is 0 Å². The highest BCUT2D eigenvalue weighted by Gasteiger charge is 2.59. The predicted octanol–water partition coefficient (Wildman–Crippen LogP) is 8.59. The number of hydrogen-bond acceptors (Lipinski definition) is 3. The first-order valence-electron chi connectivity index (χ1n) is 16.3. The molecule has 1 N–H and O–H groups in total. The molecule has 0 spiro atoms. The first-order chi connectivity index (χ1) is 17.8. The van der Waals surface area contributed by atoms with E-state index in [1.54, 1.807) is 5.57 Å². The maximum absolute atomic E-state index is 8.79. The molecule has 0 aromatic carbocycles. The number of unbranched alkanes of at least 4 members (excludes halogenated alkanes) is 2. The summed E-state index contributed by atoms with van der Waals surface area (Å²) in [5.41, 5.74) is 2.76. The maximum Gasteiger partial charge on any atom is 0.0697 e. The molecule has 4 aliphatic rings. The van der Waals surface area contributed by atoms with Crippen molar-refractivity contribution < 1.29 is 14.6 Å². The molecule has 0 saturated heterocycles. The van der Waals surface area contributed by atoms with Gasteiger partial charge in [0.1, 0.15) is 0 Å². The fourth-order valence-corrected chi connectivity index (χ4v) is 9.69. The van der Waals surface area contributed by atoms with E-state index in [2.05, 4.69) is 40.7 Å². The number of hydrogen-bond donors (Lipinski definition) is 1. The highest BCUT2D eigenvalue weighted by atomic mass is 16.5. The van der Waals surface area contributed by atoms with Crippen LogP contribution in [0.15, 0.2) is 11.6 Å². The fourth-order valence-electron chi connectivity index (χ4n) is 9.69. The average Bonchev–Trinajstić information content (AvgIpc) is 3.22. The first kappa shape index (κ1) is 29.6. The third-order valence-corrected chi connectivity index (χ3v) is 11.8. The molecule has 0 aromatic rings. The van der Waals surface area contributed by atoms with Crippen LogP contribution in [0.2, 0.25) is 0 Å². The van der Waals surface area contributed by atoms with Crippen molar-refractivity contribution in [3.05, 3.63) is 11.6 Å². The summed E-state index contributed by atoms with van der Waals surface area (Å²) in [7, 11) is 0. The number of fused-ring (bicyclic) bond motifs is 5. The highest BCUT2D eigenvalue weighted by Crippen LogP contribution is 2.67. The highest BCUT2D eigenvalue weighted by molar-refractivity contribution is 5.25. The Hall–Kier alpha value is -0.380. The van der Waals surface area contributed by atoms with Gasteiger partial charge in [-0.2, -0.15) is 0 Å². The van der Waals surface area contributed by atoms with E-state index < -0.39 is 0 Å². The smallest absolute Gasteiger partial charge is 0.0697 e. The predicted molar refractivity (Wildman–Crippen MR) is 155 cm³/mol. The van der Waals surface area contributed by atoms with Gasteiger partial charge in [-0.25, -0.2) is 0 Å². The van der Waals surface area contributed by atoms with E-state index in [0.29, 0.717) is 23.5 Å². The van der Waals surface area contributed by atoms with Crippen LogP contribution in [0.5, 0.6) is 0 Å². The first-order valence-corrected chi connectivity index (χ1v) is 16.3. The third-order valence-electron chi connectivity index (χ3n) is 11.8.